The van der Waals surface area contributed by atoms with Crippen molar-refractivity contribution in [2.45, 2.75) is 20.3 Å². The fraction of sp³-hybridized carbons (Fsp3) is 0.333. The molecule has 6 nitrogen and oxygen atoms in total. The zero-order valence-corrected chi connectivity index (χ0v) is 10.4. The van der Waals surface area contributed by atoms with E-state index in [1.807, 2.05) is 26.0 Å². The van der Waals surface area contributed by atoms with Gasteiger partial charge in [0.2, 0.25) is 0 Å². The van der Waals surface area contributed by atoms with Gasteiger partial charge in [0.25, 0.3) is 11.7 Å². The molecule has 1 N–H and O–H groups in total. The van der Waals surface area contributed by atoms with Crippen LogP contribution in [-0.4, -0.2) is 32.0 Å². The molecule has 94 valence electrons. The number of allylic oxidation sites excluding steroid dienone is 1. The molecule has 0 radical (unpaired) electrons. The molecule has 0 aromatic carbocycles. The lowest BCUT2D eigenvalue weighted by Gasteiger charge is -2.06. The Labute approximate surface area is 105 Å². The average molecular weight is 245 g/mol. The smallest absolute Gasteiger partial charge is 0.254 e. The first kappa shape index (κ1) is 12.2. The number of amides is 1. The highest BCUT2D eigenvalue weighted by molar-refractivity contribution is 5.95. The highest BCUT2D eigenvalue weighted by Gasteiger charge is 2.12. The van der Waals surface area contributed by atoms with E-state index in [0.717, 1.165) is 12.1 Å². The molecule has 0 unspecified atom stereocenters. The van der Waals surface area contributed by atoms with Gasteiger partial charge in [-0.2, -0.15) is 10.1 Å². The Morgan fingerprint density at radius 2 is 2.33 bits per heavy atom. The van der Waals surface area contributed by atoms with Crippen molar-refractivity contribution in [1.82, 2.24) is 24.9 Å². The van der Waals surface area contributed by atoms with Gasteiger partial charge in [-0.25, -0.2) is 9.50 Å². The third-order valence-corrected chi connectivity index (χ3v) is 2.62. The van der Waals surface area contributed by atoms with Gasteiger partial charge >= 0.3 is 0 Å². The van der Waals surface area contributed by atoms with Crippen LogP contribution < -0.4 is 5.32 Å². The molecule has 6 heteroatoms. The Morgan fingerprint density at radius 3 is 3.11 bits per heavy atom. The number of carbonyl (C=O) groups excluding carboxylic acids is 1. The van der Waals surface area contributed by atoms with Crippen molar-refractivity contribution in [1.29, 1.82) is 0 Å². The van der Waals surface area contributed by atoms with Crippen molar-refractivity contribution in [3.63, 3.8) is 0 Å². The molecular weight excluding hydrogens is 230 g/mol. The van der Waals surface area contributed by atoms with Gasteiger partial charge in [-0.15, -0.1) is 0 Å². The molecule has 0 bridgehead atoms. The molecular formula is C12H15N5O. The van der Waals surface area contributed by atoms with E-state index in [4.69, 9.17) is 0 Å². The summed E-state index contributed by atoms with van der Waals surface area (Å²) in [5.74, 6) is 0.361. The lowest BCUT2D eigenvalue weighted by Crippen LogP contribution is -2.26. The molecule has 0 fully saturated rings. The van der Waals surface area contributed by atoms with E-state index in [1.54, 1.807) is 4.52 Å². The fourth-order valence-corrected chi connectivity index (χ4v) is 1.64. The lowest BCUT2D eigenvalue weighted by molar-refractivity contribution is 0.0952. The number of rotatable bonds is 4. The Morgan fingerprint density at radius 1 is 1.50 bits per heavy atom. The number of hydrogen-bond acceptors (Lipinski definition) is 4. The van der Waals surface area contributed by atoms with Gasteiger partial charge in [0.15, 0.2) is 0 Å². The quantitative estimate of drug-likeness (QED) is 0.647. The average Bonchev–Trinajstić information content (AvgIpc) is 2.84. The normalized spacial score (nSPS) is 11.2. The van der Waals surface area contributed by atoms with E-state index < -0.39 is 0 Å². The Bertz CT molecular complexity index is 587. The summed E-state index contributed by atoms with van der Waals surface area (Å²) in [5.41, 5.74) is 1.26. The van der Waals surface area contributed by atoms with E-state index in [9.17, 15) is 4.79 Å². The van der Waals surface area contributed by atoms with Crippen LogP contribution in [0.1, 0.15) is 29.4 Å². The Hall–Kier alpha value is -2.24. The predicted octanol–water partition coefficient (Wildman–Crippen LogP) is 1.13. The molecule has 0 aliphatic carbocycles. The zero-order valence-electron chi connectivity index (χ0n) is 10.4. The number of aryl methyl sites for hydroxylation is 1. The molecule has 0 spiro atoms. The largest absolute Gasteiger partial charge is 0.352 e. The summed E-state index contributed by atoms with van der Waals surface area (Å²) in [7, 11) is 0. The molecule has 2 heterocycles. The van der Waals surface area contributed by atoms with Crippen LogP contribution in [0.4, 0.5) is 0 Å². The van der Waals surface area contributed by atoms with Crippen LogP contribution in [0.25, 0.3) is 5.78 Å². The minimum atomic E-state index is -0.137. The van der Waals surface area contributed by atoms with Gasteiger partial charge in [-0.05, 0) is 20.3 Å². The van der Waals surface area contributed by atoms with Gasteiger partial charge in [-0.3, -0.25) is 4.79 Å². The first-order chi connectivity index (χ1) is 8.74. The first-order valence-corrected chi connectivity index (χ1v) is 5.78. The van der Waals surface area contributed by atoms with E-state index in [0.29, 0.717) is 17.9 Å². The maximum Gasteiger partial charge on any atom is 0.254 e. The standard InChI is InChI=1S/C12H15N5O/c1-3-4-5-6-13-11(18)10-7-14-12-15-8-16-17(12)9(10)2/h3-4,7-8H,5-6H2,1-2H3,(H,13,18)/b4-3+. The fourth-order valence-electron chi connectivity index (χ4n) is 1.64. The lowest BCUT2D eigenvalue weighted by atomic mass is 10.2. The maximum atomic E-state index is 12.0. The maximum absolute atomic E-state index is 12.0. The summed E-state index contributed by atoms with van der Waals surface area (Å²) in [4.78, 5) is 20.0. The Kier molecular flexibility index (Phi) is 3.66. The molecule has 2 rings (SSSR count). The van der Waals surface area contributed by atoms with Gasteiger partial charge in [0.05, 0.1) is 11.3 Å². The zero-order chi connectivity index (χ0) is 13.0. The SMILES string of the molecule is C/C=C/CCNC(=O)c1cnc2ncnn2c1C. The minimum Gasteiger partial charge on any atom is -0.352 e. The number of carbonyl (C=O) groups is 1. The van der Waals surface area contributed by atoms with Crippen LogP contribution in [-0.2, 0) is 0 Å². The second-order valence-corrected chi connectivity index (χ2v) is 3.84. The van der Waals surface area contributed by atoms with Crippen LogP contribution in [0.5, 0.6) is 0 Å². The third kappa shape index (κ3) is 2.37. The number of aromatic nitrogens is 4. The molecule has 0 saturated heterocycles. The second kappa shape index (κ2) is 5.39. The molecule has 0 saturated carbocycles. The van der Waals surface area contributed by atoms with Crippen molar-refractivity contribution in [3.05, 3.63) is 35.9 Å². The molecule has 18 heavy (non-hydrogen) atoms. The van der Waals surface area contributed by atoms with Crippen molar-refractivity contribution in [3.8, 4) is 0 Å². The van der Waals surface area contributed by atoms with E-state index in [2.05, 4.69) is 20.4 Å². The van der Waals surface area contributed by atoms with Crippen LogP contribution in [0.3, 0.4) is 0 Å². The molecule has 0 aliphatic heterocycles. The summed E-state index contributed by atoms with van der Waals surface area (Å²) in [6, 6.07) is 0. The summed E-state index contributed by atoms with van der Waals surface area (Å²) < 4.78 is 1.56. The van der Waals surface area contributed by atoms with E-state index in [1.165, 1.54) is 12.5 Å². The number of nitrogens with one attached hydrogen (secondary N) is 1. The van der Waals surface area contributed by atoms with Gasteiger partial charge in [-0.1, -0.05) is 12.2 Å². The van der Waals surface area contributed by atoms with Gasteiger partial charge in [0, 0.05) is 12.7 Å². The number of nitrogens with zero attached hydrogens (tertiary/aromatic N) is 4. The van der Waals surface area contributed by atoms with Gasteiger partial charge < -0.3 is 5.32 Å². The van der Waals surface area contributed by atoms with Crippen molar-refractivity contribution in [2.24, 2.45) is 0 Å². The minimum absolute atomic E-state index is 0.137. The Balaban J connectivity index is 2.14. The molecule has 1 amide bonds. The topological polar surface area (TPSA) is 72.2 Å². The number of fused-ring (bicyclic) bond motifs is 1. The van der Waals surface area contributed by atoms with Crippen LogP contribution in [0, 0.1) is 6.92 Å². The van der Waals surface area contributed by atoms with Crippen molar-refractivity contribution < 1.29 is 4.79 Å². The second-order valence-electron chi connectivity index (χ2n) is 3.84. The van der Waals surface area contributed by atoms with Crippen LogP contribution in [0.15, 0.2) is 24.7 Å². The summed E-state index contributed by atoms with van der Waals surface area (Å²) in [5, 5.41) is 6.86. The van der Waals surface area contributed by atoms with Crippen LogP contribution in [0.2, 0.25) is 0 Å². The third-order valence-electron chi connectivity index (χ3n) is 2.62. The van der Waals surface area contributed by atoms with Crippen molar-refractivity contribution >= 4 is 11.7 Å². The molecule has 0 atom stereocenters. The van der Waals surface area contributed by atoms with E-state index >= 15 is 0 Å². The summed E-state index contributed by atoms with van der Waals surface area (Å²) in [6.45, 7) is 4.39. The highest BCUT2D eigenvalue weighted by atomic mass is 16.1. The molecule has 0 aliphatic rings. The number of hydrogen-bond donors (Lipinski definition) is 1. The highest BCUT2D eigenvalue weighted by Crippen LogP contribution is 2.07. The van der Waals surface area contributed by atoms with Gasteiger partial charge in [0.1, 0.15) is 6.33 Å². The summed E-state index contributed by atoms with van der Waals surface area (Å²) >= 11 is 0. The molecule has 2 aromatic heterocycles. The van der Waals surface area contributed by atoms with E-state index in [-0.39, 0.29) is 5.91 Å². The van der Waals surface area contributed by atoms with Crippen LogP contribution >= 0.6 is 0 Å². The van der Waals surface area contributed by atoms with Crippen molar-refractivity contribution in [2.75, 3.05) is 6.54 Å². The molecule has 2 aromatic rings. The predicted molar refractivity (Wildman–Crippen MR) is 67.3 cm³/mol. The first-order valence-electron chi connectivity index (χ1n) is 5.78. The monoisotopic (exact) mass is 245 g/mol. The summed E-state index contributed by atoms with van der Waals surface area (Å²) in [6.07, 6.45) is 7.74.